The number of hydrogen-bond acceptors (Lipinski definition) is 5. The molecule has 2 atom stereocenters. The molecular formula is C77H80BN3OS. The van der Waals surface area contributed by atoms with Gasteiger partial charge in [0, 0.05) is 65.8 Å². The first-order valence-electron chi connectivity index (χ1n) is 31.3. The highest BCUT2D eigenvalue weighted by molar-refractivity contribution is 7.26. The Morgan fingerprint density at radius 1 is 0.482 bits per heavy atom. The van der Waals surface area contributed by atoms with Crippen LogP contribution in [0.15, 0.2) is 138 Å². The van der Waals surface area contributed by atoms with E-state index in [2.05, 4.69) is 245 Å². The molecule has 1 saturated carbocycles. The molecule has 3 aliphatic heterocycles. The zero-order valence-corrected chi connectivity index (χ0v) is 52.4. The van der Waals surface area contributed by atoms with Gasteiger partial charge in [0.2, 0.25) is 0 Å². The normalized spacial score (nSPS) is 22.3. The van der Waals surface area contributed by atoms with E-state index in [4.69, 9.17) is 4.42 Å². The number of para-hydroxylation sites is 1. The largest absolute Gasteiger partial charge is 0.454 e. The lowest BCUT2D eigenvalue weighted by Crippen LogP contribution is -2.62. The lowest BCUT2D eigenvalue weighted by atomic mass is 9.33. The second-order valence-electron chi connectivity index (χ2n) is 30.5. The van der Waals surface area contributed by atoms with Crippen LogP contribution < -0.4 is 31.1 Å². The Morgan fingerprint density at radius 3 is 1.81 bits per heavy atom. The SMILES string of the molecule is Cc1cc2c(cc1N1c3cc(N4c5ccc(C(C)(C)C)cc5C5(C)CCCCC45C)cc4c3B(c3cc5c(cc3N4c3cccc4c3sc3ccccc34)C(C)(C)CCC5(C)C)c3ccc4c(oc5ccccc54)c31)C(C)(C)CCC2(C)C. The highest BCUT2D eigenvalue weighted by atomic mass is 32.1. The number of furan rings is 1. The van der Waals surface area contributed by atoms with E-state index in [0.717, 1.165) is 54.0 Å². The van der Waals surface area contributed by atoms with Crippen LogP contribution in [0.2, 0.25) is 0 Å². The van der Waals surface area contributed by atoms with Gasteiger partial charge in [-0.2, -0.15) is 0 Å². The van der Waals surface area contributed by atoms with Crippen molar-refractivity contribution >= 4 is 122 Å². The maximum Gasteiger partial charge on any atom is 0.252 e. The molecule has 6 aliphatic rings. The van der Waals surface area contributed by atoms with Crippen molar-refractivity contribution in [3.05, 3.63) is 172 Å². The highest BCUT2D eigenvalue weighted by Crippen LogP contribution is 2.63. The van der Waals surface area contributed by atoms with Gasteiger partial charge in [0.25, 0.3) is 6.71 Å². The van der Waals surface area contributed by atoms with Gasteiger partial charge in [0.15, 0.2) is 5.58 Å². The van der Waals surface area contributed by atoms with Crippen LogP contribution in [0.1, 0.15) is 180 Å². The minimum atomic E-state index is -0.192. The maximum atomic E-state index is 7.45. The standard InChI is InChI=1S/C77H80BN3OS/c1-45-38-52-54(74(9,10)36-34-72(52,5)6)43-61(45)80-64-41-47(81-59-31-28-46(71(2,3)4)39-56(59)76(13)32-19-20-33-77(76,81)14)40-63-67(64)78(57-30-29-50-48-22-15-17-26-65(48)82-69(50)68(57)80)58-42-53-55(75(11,12)37-35-73(53,7)8)44-62(58)79(63)60-25-21-24-51-49-23-16-18-27-66(49)83-70(51)60/h15-18,21-31,38-44H,19-20,32-37H2,1-14H3. The predicted molar refractivity (Wildman–Crippen MR) is 357 cm³/mol. The van der Waals surface area contributed by atoms with E-state index in [0.29, 0.717) is 0 Å². The van der Waals surface area contributed by atoms with Crippen LogP contribution in [0.4, 0.5) is 45.5 Å². The summed E-state index contributed by atoms with van der Waals surface area (Å²) in [6, 6.07) is 53.4. The zero-order valence-electron chi connectivity index (χ0n) is 51.6. The van der Waals surface area contributed by atoms with E-state index >= 15 is 0 Å². The molecule has 5 heterocycles. The first-order chi connectivity index (χ1) is 39.4. The molecule has 83 heavy (non-hydrogen) atoms. The smallest absolute Gasteiger partial charge is 0.252 e. The van der Waals surface area contributed by atoms with Crippen LogP contribution >= 0.6 is 11.3 Å². The molecule has 8 aromatic carbocycles. The van der Waals surface area contributed by atoms with Crippen molar-refractivity contribution in [2.45, 2.75) is 186 Å². The van der Waals surface area contributed by atoms with E-state index in [-0.39, 0.29) is 44.7 Å². The Balaban J connectivity index is 1.10. The fourth-order valence-corrected chi connectivity index (χ4v) is 18.6. The van der Waals surface area contributed by atoms with Crippen LogP contribution in [-0.2, 0) is 32.5 Å². The molecule has 2 unspecified atom stereocenters. The van der Waals surface area contributed by atoms with Crippen LogP contribution in [0, 0.1) is 6.92 Å². The van der Waals surface area contributed by atoms with E-state index in [1.165, 1.54) is 140 Å². The fourth-order valence-electron chi connectivity index (χ4n) is 17.4. The summed E-state index contributed by atoms with van der Waals surface area (Å²) >= 11 is 1.95. The zero-order chi connectivity index (χ0) is 57.4. The molecule has 3 aliphatic carbocycles. The van der Waals surface area contributed by atoms with E-state index in [9.17, 15) is 0 Å². The van der Waals surface area contributed by atoms with Crippen molar-refractivity contribution < 1.29 is 4.42 Å². The number of anilines is 8. The number of thiophene rings is 1. The van der Waals surface area contributed by atoms with Crippen molar-refractivity contribution in [3.63, 3.8) is 0 Å². The molecule has 0 spiro atoms. The Hall–Kier alpha value is -6.76. The summed E-state index contributed by atoms with van der Waals surface area (Å²) in [5.41, 5.74) is 26.0. The first-order valence-corrected chi connectivity index (χ1v) is 32.1. The van der Waals surface area contributed by atoms with Crippen LogP contribution in [0.5, 0.6) is 0 Å². The van der Waals surface area contributed by atoms with Crippen molar-refractivity contribution in [2.24, 2.45) is 0 Å². The van der Waals surface area contributed by atoms with Gasteiger partial charge in [-0.3, -0.25) is 0 Å². The van der Waals surface area contributed by atoms with Gasteiger partial charge >= 0.3 is 0 Å². The Labute approximate surface area is 497 Å². The molecule has 1 fully saturated rings. The molecule has 0 amide bonds. The summed E-state index contributed by atoms with van der Waals surface area (Å²) in [6.07, 6.45) is 9.32. The Kier molecular flexibility index (Phi) is 10.5. The average molecular weight is 1110 g/mol. The molecule has 0 saturated heterocycles. The number of fused-ring (bicyclic) bond motifs is 16. The summed E-state index contributed by atoms with van der Waals surface area (Å²) in [5, 5.41) is 4.97. The van der Waals surface area contributed by atoms with E-state index in [1.54, 1.807) is 0 Å². The van der Waals surface area contributed by atoms with Gasteiger partial charge in [0.05, 0.1) is 21.6 Å². The van der Waals surface area contributed by atoms with Gasteiger partial charge in [-0.25, -0.2) is 0 Å². The monoisotopic (exact) mass is 1110 g/mol. The van der Waals surface area contributed by atoms with Crippen molar-refractivity contribution in [1.82, 2.24) is 0 Å². The van der Waals surface area contributed by atoms with Gasteiger partial charge in [-0.05, 0) is 183 Å². The summed E-state index contributed by atoms with van der Waals surface area (Å²) in [5.74, 6) is 0. The molecule has 0 radical (unpaired) electrons. The number of rotatable bonds is 3. The van der Waals surface area contributed by atoms with Crippen molar-refractivity contribution in [1.29, 1.82) is 0 Å². The number of hydrogen-bond donors (Lipinski definition) is 0. The average Bonchev–Trinajstić information content (AvgIpc) is 1.83. The number of nitrogens with zero attached hydrogens (tertiary/aromatic N) is 3. The maximum absolute atomic E-state index is 7.45. The third kappa shape index (κ3) is 6.94. The summed E-state index contributed by atoms with van der Waals surface area (Å²) < 4.78 is 10.1. The molecule has 16 rings (SSSR count). The minimum Gasteiger partial charge on any atom is -0.454 e. The van der Waals surface area contributed by atoms with Crippen LogP contribution in [0.25, 0.3) is 42.1 Å². The lowest BCUT2D eigenvalue weighted by molar-refractivity contribution is 0.195. The topological polar surface area (TPSA) is 22.9 Å². The number of benzene rings is 8. The molecule has 6 heteroatoms. The fraction of sp³-hybridized carbons (Fsp3) is 0.377. The van der Waals surface area contributed by atoms with E-state index in [1.807, 2.05) is 11.3 Å². The second-order valence-corrected chi connectivity index (χ2v) is 31.6. The van der Waals surface area contributed by atoms with Crippen molar-refractivity contribution in [2.75, 3.05) is 14.7 Å². The summed E-state index contributed by atoms with van der Waals surface area (Å²) in [7, 11) is 0. The highest BCUT2D eigenvalue weighted by Gasteiger charge is 2.59. The predicted octanol–water partition coefficient (Wildman–Crippen LogP) is 20.1. The third-order valence-corrected chi connectivity index (χ3v) is 24.0. The van der Waals surface area contributed by atoms with Crippen molar-refractivity contribution in [3.8, 4) is 0 Å². The molecule has 0 N–H and O–H groups in total. The minimum absolute atomic E-state index is 0.00565. The molecule has 10 aromatic rings. The molecular weight excluding hydrogens is 1030 g/mol. The summed E-state index contributed by atoms with van der Waals surface area (Å²) in [4.78, 5) is 8.38. The Bertz CT molecular complexity index is 4480. The third-order valence-electron chi connectivity index (χ3n) is 22.8. The second kappa shape index (κ2) is 16.8. The molecule has 418 valence electrons. The molecule has 4 nitrogen and oxygen atoms in total. The lowest BCUT2D eigenvalue weighted by Gasteiger charge is -2.51. The quantitative estimate of drug-likeness (QED) is 0.165. The van der Waals surface area contributed by atoms with Gasteiger partial charge in [-0.1, -0.05) is 181 Å². The molecule has 2 aromatic heterocycles. The van der Waals surface area contributed by atoms with Gasteiger partial charge in [-0.15, -0.1) is 11.3 Å². The van der Waals surface area contributed by atoms with Gasteiger partial charge in [0.1, 0.15) is 5.58 Å². The number of aryl methyl sites for hydroxylation is 1. The van der Waals surface area contributed by atoms with E-state index < -0.39 is 0 Å². The molecule has 0 bridgehead atoms. The first kappa shape index (κ1) is 51.8. The van der Waals surface area contributed by atoms with Crippen LogP contribution in [0.3, 0.4) is 0 Å². The summed E-state index contributed by atoms with van der Waals surface area (Å²) in [6.45, 7) is 34.6. The van der Waals surface area contributed by atoms with Gasteiger partial charge < -0.3 is 19.1 Å². The van der Waals surface area contributed by atoms with Crippen LogP contribution in [-0.4, -0.2) is 12.3 Å². The Morgan fingerprint density at radius 2 is 1.10 bits per heavy atom.